The molecule has 0 aliphatic rings. The van der Waals surface area contributed by atoms with Gasteiger partial charge in [-0.2, -0.15) is 0 Å². The smallest absolute Gasteiger partial charge is 0.325 e. The van der Waals surface area contributed by atoms with Crippen molar-refractivity contribution < 1.29 is 19.5 Å². The third-order valence-electron chi connectivity index (χ3n) is 4.23. The molecule has 0 aliphatic carbocycles. The van der Waals surface area contributed by atoms with Crippen LogP contribution in [0.1, 0.15) is 22.8 Å². The monoisotopic (exact) mass is 397 g/mol. The predicted octanol–water partition coefficient (Wildman–Crippen LogP) is 2.23. The molecule has 1 aromatic heterocycles. The molecule has 3 rings (SSSR count). The Morgan fingerprint density at radius 2 is 1.86 bits per heavy atom. The second kappa shape index (κ2) is 8.62. The van der Waals surface area contributed by atoms with Crippen molar-refractivity contribution in [1.29, 1.82) is 0 Å². The van der Waals surface area contributed by atoms with E-state index in [1.54, 1.807) is 23.7 Å². The zero-order valence-corrected chi connectivity index (χ0v) is 15.9. The number of carboxylic acid groups (broad SMARTS) is 1. The Kier molecular flexibility index (Phi) is 6.00. The Morgan fingerprint density at radius 3 is 2.57 bits per heavy atom. The Hall–Kier alpha value is -3.26. The molecule has 0 spiro atoms. The minimum atomic E-state index is -1.14. The van der Waals surface area contributed by atoms with Crippen LogP contribution in [0.4, 0.5) is 0 Å². The summed E-state index contributed by atoms with van der Waals surface area (Å²) in [6, 6.07) is 12.4. The van der Waals surface area contributed by atoms with Crippen LogP contribution in [0.2, 0.25) is 0 Å². The van der Waals surface area contributed by atoms with Crippen molar-refractivity contribution >= 4 is 39.3 Å². The Balaban J connectivity index is 1.79. The fourth-order valence-corrected chi connectivity index (χ4v) is 3.39. The van der Waals surface area contributed by atoms with E-state index in [-0.39, 0.29) is 6.42 Å². The van der Waals surface area contributed by atoms with Crippen LogP contribution in [0, 0.1) is 0 Å². The molecule has 0 saturated heterocycles. The van der Waals surface area contributed by atoms with Crippen LogP contribution in [-0.2, 0) is 16.0 Å². The fraction of sp³-hybridized carbons (Fsp3) is 0.200. The van der Waals surface area contributed by atoms with Crippen molar-refractivity contribution in [3.63, 3.8) is 0 Å². The van der Waals surface area contributed by atoms with Gasteiger partial charge in [0.25, 0.3) is 5.91 Å². The van der Waals surface area contributed by atoms with Gasteiger partial charge < -0.3 is 15.7 Å². The maximum Gasteiger partial charge on any atom is 0.325 e. The van der Waals surface area contributed by atoms with Gasteiger partial charge in [0, 0.05) is 12.0 Å². The van der Waals surface area contributed by atoms with Gasteiger partial charge >= 0.3 is 5.97 Å². The Bertz CT molecular complexity index is 1000. The third-order valence-corrected chi connectivity index (χ3v) is 5.02. The number of aromatic nitrogens is 1. The molecule has 0 aliphatic heterocycles. The number of carboxylic acids is 1. The first-order chi connectivity index (χ1) is 13.4. The van der Waals surface area contributed by atoms with Crippen LogP contribution in [0.15, 0.2) is 54.0 Å². The molecule has 2 amide bonds. The standard InChI is InChI=1S/C20H19N3O4S/c1-12(20(26)27)22-19(25)16(9-13-5-3-2-4-6-13)23-18(24)14-7-8-15-17(10-14)28-11-21-15/h2-8,10-12,16H,9H2,1H3,(H,22,25)(H,23,24)(H,26,27)/t12-,16+/m0/s1. The van der Waals surface area contributed by atoms with Crippen molar-refractivity contribution in [2.75, 3.05) is 0 Å². The van der Waals surface area contributed by atoms with Crippen LogP contribution in [0.25, 0.3) is 10.2 Å². The molecule has 2 atom stereocenters. The van der Waals surface area contributed by atoms with E-state index in [9.17, 15) is 14.4 Å². The van der Waals surface area contributed by atoms with E-state index in [1.807, 2.05) is 30.3 Å². The largest absolute Gasteiger partial charge is 0.480 e. The summed E-state index contributed by atoms with van der Waals surface area (Å²) in [5.41, 5.74) is 3.76. The van der Waals surface area contributed by atoms with Gasteiger partial charge in [-0.05, 0) is 30.7 Å². The molecule has 1 heterocycles. The second-order valence-corrected chi connectivity index (χ2v) is 7.21. The number of rotatable bonds is 7. The number of nitrogens with zero attached hydrogens (tertiary/aromatic N) is 1. The summed E-state index contributed by atoms with van der Waals surface area (Å²) >= 11 is 1.42. The number of benzene rings is 2. The number of hydrogen-bond acceptors (Lipinski definition) is 5. The Labute approximate surface area is 165 Å². The number of fused-ring (bicyclic) bond motifs is 1. The molecule has 8 heteroatoms. The number of carbonyl (C=O) groups is 3. The summed E-state index contributed by atoms with van der Waals surface area (Å²) in [6.07, 6.45) is 0.244. The first-order valence-corrected chi connectivity index (χ1v) is 9.53. The Morgan fingerprint density at radius 1 is 1.11 bits per heavy atom. The third kappa shape index (κ3) is 4.72. The fourth-order valence-electron chi connectivity index (χ4n) is 2.67. The zero-order valence-electron chi connectivity index (χ0n) is 15.1. The molecular weight excluding hydrogens is 378 g/mol. The van der Waals surface area contributed by atoms with Crippen molar-refractivity contribution in [3.8, 4) is 0 Å². The highest BCUT2D eigenvalue weighted by atomic mass is 32.1. The minimum absolute atomic E-state index is 0.244. The number of carbonyl (C=O) groups excluding carboxylic acids is 2. The minimum Gasteiger partial charge on any atom is -0.480 e. The highest BCUT2D eigenvalue weighted by Gasteiger charge is 2.25. The first-order valence-electron chi connectivity index (χ1n) is 8.65. The molecule has 144 valence electrons. The molecule has 28 heavy (non-hydrogen) atoms. The van der Waals surface area contributed by atoms with Gasteiger partial charge in [0.05, 0.1) is 15.7 Å². The maximum atomic E-state index is 12.7. The number of thiazole rings is 1. The SMILES string of the molecule is C[C@H](NC(=O)[C@@H](Cc1ccccc1)NC(=O)c1ccc2ncsc2c1)C(=O)O. The van der Waals surface area contributed by atoms with E-state index in [2.05, 4.69) is 15.6 Å². The molecule has 3 aromatic rings. The lowest BCUT2D eigenvalue weighted by molar-refractivity contribution is -0.141. The predicted molar refractivity (Wildman–Crippen MR) is 106 cm³/mol. The topological polar surface area (TPSA) is 108 Å². The second-order valence-electron chi connectivity index (χ2n) is 6.32. The lowest BCUT2D eigenvalue weighted by Gasteiger charge is -2.20. The zero-order chi connectivity index (χ0) is 20.1. The molecule has 2 aromatic carbocycles. The van der Waals surface area contributed by atoms with Crippen LogP contribution in [0.3, 0.4) is 0 Å². The van der Waals surface area contributed by atoms with E-state index >= 15 is 0 Å². The van der Waals surface area contributed by atoms with Gasteiger partial charge in [0.1, 0.15) is 12.1 Å². The number of aliphatic carboxylic acids is 1. The van der Waals surface area contributed by atoms with Crippen LogP contribution in [-0.4, -0.2) is 40.0 Å². The lowest BCUT2D eigenvalue weighted by Crippen LogP contribution is -2.51. The van der Waals surface area contributed by atoms with Gasteiger partial charge in [-0.1, -0.05) is 30.3 Å². The molecule has 0 radical (unpaired) electrons. The molecule has 0 fully saturated rings. The summed E-state index contributed by atoms with van der Waals surface area (Å²) in [7, 11) is 0. The highest BCUT2D eigenvalue weighted by Crippen LogP contribution is 2.19. The average molecular weight is 397 g/mol. The summed E-state index contributed by atoms with van der Waals surface area (Å²) in [5, 5.41) is 14.2. The van der Waals surface area contributed by atoms with Crippen LogP contribution >= 0.6 is 11.3 Å². The van der Waals surface area contributed by atoms with Gasteiger partial charge in [0.2, 0.25) is 5.91 Å². The van der Waals surface area contributed by atoms with E-state index in [0.717, 1.165) is 15.8 Å². The molecule has 0 unspecified atom stereocenters. The highest BCUT2D eigenvalue weighted by molar-refractivity contribution is 7.16. The maximum absolute atomic E-state index is 12.7. The number of amides is 2. The van der Waals surface area contributed by atoms with Gasteiger partial charge in [-0.15, -0.1) is 11.3 Å². The molecule has 7 nitrogen and oxygen atoms in total. The van der Waals surface area contributed by atoms with E-state index in [4.69, 9.17) is 5.11 Å². The summed E-state index contributed by atoms with van der Waals surface area (Å²) < 4.78 is 0.871. The molecule has 0 saturated carbocycles. The molecular formula is C20H19N3O4S. The normalized spacial score (nSPS) is 12.9. The molecule has 3 N–H and O–H groups in total. The summed E-state index contributed by atoms with van der Waals surface area (Å²) in [5.74, 6) is -2.10. The van der Waals surface area contributed by atoms with Crippen molar-refractivity contribution in [3.05, 3.63) is 65.2 Å². The van der Waals surface area contributed by atoms with Crippen molar-refractivity contribution in [2.45, 2.75) is 25.4 Å². The van der Waals surface area contributed by atoms with E-state index in [0.29, 0.717) is 5.56 Å². The first kappa shape index (κ1) is 19.5. The number of nitrogens with one attached hydrogen (secondary N) is 2. The molecule has 0 bridgehead atoms. The number of hydrogen-bond donors (Lipinski definition) is 3. The van der Waals surface area contributed by atoms with Gasteiger partial charge in [0.15, 0.2) is 0 Å². The van der Waals surface area contributed by atoms with Crippen LogP contribution in [0.5, 0.6) is 0 Å². The quantitative estimate of drug-likeness (QED) is 0.567. The van der Waals surface area contributed by atoms with Gasteiger partial charge in [-0.25, -0.2) is 4.98 Å². The van der Waals surface area contributed by atoms with E-state index in [1.165, 1.54) is 18.3 Å². The summed E-state index contributed by atoms with van der Waals surface area (Å²) in [4.78, 5) is 40.5. The lowest BCUT2D eigenvalue weighted by atomic mass is 10.0. The van der Waals surface area contributed by atoms with Gasteiger partial charge in [-0.3, -0.25) is 14.4 Å². The van der Waals surface area contributed by atoms with E-state index < -0.39 is 29.9 Å². The summed E-state index contributed by atoms with van der Waals surface area (Å²) in [6.45, 7) is 1.37. The van der Waals surface area contributed by atoms with Crippen molar-refractivity contribution in [1.82, 2.24) is 15.6 Å². The van der Waals surface area contributed by atoms with Crippen molar-refractivity contribution in [2.24, 2.45) is 0 Å². The van der Waals surface area contributed by atoms with Crippen LogP contribution < -0.4 is 10.6 Å². The average Bonchev–Trinajstić information content (AvgIpc) is 3.15.